The molecule has 1 heterocycles. The lowest BCUT2D eigenvalue weighted by Gasteiger charge is -2.19. The lowest BCUT2D eigenvalue weighted by molar-refractivity contribution is 0.0937. The van der Waals surface area contributed by atoms with Crippen molar-refractivity contribution in [1.82, 2.24) is 15.3 Å². The molecule has 7 nitrogen and oxygen atoms in total. The first kappa shape index (κ1) is 24.7. The van der Waals surface area contributed by atoms with Crippen LogP contribution in [0.5, 0.6) is 0 Å². The number of carbonyl (C=O) groups is 1. The zero-order chi connectivity index (χ0) is 23.5. The van der Waals surface area contributed by atoms with Gasteiger partial charge in [0.25, 0.3) is 5.91 Å². The minimum Gasteiger partial charge on any atom is -0.383 e. The second kappa shape index (κ2) is 12.9. The molecule has 8 heteroatoms. The molecule has 0 saturated carbocycles. The molecule has 1 N–H and O–H groups in total. The molecule has 1 aromatic heterocycles. The van der Waals surface area contributed by atoms with E-state index in [9.17, 15) is 4.79 Å². The van der Waals surface area contributed by atoms with E-state index in [-0.39, 0.29) is 5.91 Å². The molecule has 0 fully saturated rings. The zero-order valence-electron chi connectivity index (χ0n) is 19.3. The maximum absolute atomic E-state index is 12.3. The number of thioether (sulfide) groups is 1. The fourth-order valence-corrected chi connectivity index (χ4v) is 4.01. The number of anilines is 1. The minimum absolute atomic E-state index is 0.109. The summed E-state index contributed by atoms with van der Waals surface area (Å²) in [6.45, 7) is 2.12. The summed E-state index contributed by atoms with van der Waals surface area (Å²) < 4.78 is 10.3. The van der Waals surface area contributed by atoms with Crippen LogP contribution in [0, 0.1) is 0 Å². The van der Waals surface area contributed by atoms with Crippen molar-refractivity contribution < 1.29 is 14.3 Å². The number of hydrogen-bond acceptors (Lipinski definition) is 7. The molecule has 3 rings (SSSR count). The first-order valence-electron chi connectivity index (χ1n) is 10.7. The summed E-state index contributed by atoms with van der Waals surface area (Å²) in [6, 6.07) is 19.8. The molecule has 174 valence electrons. The number of rotatable bonds is 12. The number of hydrogen-bond donors (Lipinski definition) is 1. The summed E-state index contributed by atoms with van der Waals surface area (Å²) in [4.78, 5) is 23.8. The third kappa shape index (κ3) is 7.85. The number of nitrogens with zero attached hydrogens (tertiary/aromatic N) is 3. The van der Waals surface area contributed by atoms with Crippen LogP contribution >= 0.6 is 11.8 Å². The third-order valence-corrected chi connectivity index (χ3v) is 5.76. The SMILES string of the molecule is COCCNC(=O)c1cccc(CSc2nc(COC)cc(N(C)Cc3ccccc3)n2)c1. The average molecular weight is 467 g/mol. The Morgan fingerprint density at radius 2 is 1.79 bits per heavy atom. The van der Waals surface area contributed by atoms with Crippen molar-refractivity contribution in [2.24, 2.45) is 0 Å². The Morgan fingerprint density at radius 1 is 1.00 bits per heavy atom. The Hall–Kier alpha value is -2.94. The van der Waals surface area contributed by atoms with E-state index in [1.807, 2.05) is 55.6 Å². The van der Waals surface area contributed by atoms with E-state index in [1.54, 1.807) is 14.2 Å². The van der Waals surface area contributed by atoms with Gasteiger partial charge in [0.05, 0.1) is 18.9 Å². The van der Waals surface area contributed by atoms with Gasteiger partial charge in [-0.15, -0.1) is 0 Å². The Morgan fingerprint density at radius 3 is 2.55 bits per heavy atom. The predicted octanol–water partition coefficient (Wildman–Crippen LogP) is 3.93. The summed E-state index contributed by atoms with van der Waals surface area (Å²) in [6.07, 6.45) is 0. The van der Waals surface area contributed by atoms with E-state index in [0.29, 0.717) is 36.2 Å². The molecule has 3 aromatic rings. The van der Waals surface area contributed by atoms with Gasteiger partial charge >= 0.3 is 0 Å². The molecule has 1 amide bonds. The van der Waals surface area contributed by atoms with Crippen molar-refractivity contribution in [1.29, 1.82) is 0 Å². The lowest BCUT2D eigenvalue weighted by atomic mass is 10.1. The van der Waals surface area contributed by atoms with E-state index >= 15 is 0 Å². The molecule has 0 unspecified atom stereocenters. The highest BCUT2D eigenvalue weighted by atomic mass is 32.2. The molecular formula is C25H30N4O3S. The van der Waals surface area contributed by atoms with Crippen LogP contribution in [0.4, 0.5) is 5.82 Å². The van der Waals surface area contributed by atoms with Gasteiger partial charge in [0.2, 0.25) is 0 Å². The van der Waals surface area contributed by atoms with Gasteiger partial charge in [0.1, 0.15) is 5.82 Å². The molecule has 33 heavy (non-hydrogen) atoms. The second-order valence-corrected chi connectivity index (χ2v) is 8.45. The maximum atomic E-state index is 12.3. The number of ether oxygens (including phenoxy) is 2. The molecule has 2 aromatic carbocycles. The molecule has 0 atom stereocenters. The number of aromatic nitrogens is 2. The Bertz CT molecular complexity index is 1030. The Kier molecular flexibility index (Phi) is 9.68. The molecule has 0 spiro atoms. The number of carbonyl (C=O) groups excluding carboxylic acids is 1. The maximum Gasteiger partial charge on any atom is 0.251 e. The Balaban J connectivity index is 1.70. The molecule has 0 aliphatic rings. The van der Waals surface area contributed by atoms with Crippen molar-refractivity contribution >= 4 is 23.5 Å². The standard InChI is InChI=1S/C25H30N4O3S/c1-29(16-19-8-5-4-6-9-19)23-15-22(17-32-3)27-25(28-23)33-18-20-10-7-11-21(14-20)24(30)26-12-13-31-2/h4-11,14-15H,12-13,16-18H2,1-3H3,(H,26,30). The predicted molar refractivity (Wildman–Crippen MR) is 132 cm³/mol. The van der Waals surface area contributed by atoms with Gasteiger partial charge in [-0.05, 0) is 23.3 Å². The Labute approximate surface area is 199 Å². The zero-order valence-corrected chi connectivity index (χ0v) is 20.1. The topological polar surface area (TPSA) is 76.6 Å². The van der Waals surface area contributed by atoms with Crippen LogP contribution in [0.3, 0.4) is 0 Å². The van der Waals surface area contributed by atoms with Crippen molar-refractivity contribution in [3.05, 3.63) is 83.0 Å². The van der Waals surface area contributed by atoms with Crippen LogP contribution in [0.25, 0.3) is 0 Å². The minimum atomic E-state index is -0.109. The monoisotopic (exact) mass is 466 g/mol. The smallest absolute Gasteiger partial charge is 0.251 e. The highest BCUT2D eigenvalue weighted by Gasteiger charge is 2.11. The largest absolute Gasteiger partial charge is 0.383 e. The molecular weight excluding hydrogens is 436 g/mol. The van der Waals surface area contributed by atoms with Crippen LogP contribution in [-0.4, -0.2) is 50.3 Å². The van der Waals surface area contributed by atoms with Crippen LogP contribution < -0.4 is 10.2 Å². The van der Waals surface area contributed by atoms with Crippen molar-refractivity contribution in [2.45, 2.75) is 24.1 Å². The second-order valence-electron chi connectivity index (χ2n) is 7.51. The van der Waals surface area contributed by atoms with Gasteiger partial charge in [-0.25, -0.2) is 9.97 Å². The van der Waals surface area contributed by atoms with E-state index in [2.05, 4.69) is 27.3 Å². The van der Waals surface area contributed by atoms with Gasteiger partial charge < -0.3 is 19.7 Å². The third-order valence-electron chi connectivity index (χ3n) is 4.84. The number of benzene rings is 2. The fourth-order valence-electron chi connectivity index (χ4n) is 3.20. The summed E-state index contributed by atoms with van der Waals surface area (Å²) >= 11 is 1.54. The lowest BCUT2D eigenvalue weighted by Crippen LogP contribution is -2.26. The van der Waals surface area contributed by atoms with Crippen molar-refractivity contribution in [2.75, 3.05) is 39.3 Å². The first-order valence-corrected chi connectivity index (χ1v) is 11.7. The molecule has 0 aliphatic heterocycles. The normalized spacial score (nSPS) is 10.8. The van der Waals surface area contributed by atoms with Crippen LogP contribution in [0.1, 0.15) is 27.2 Å². The molecule has 0 radical (unpaired) electrons. The van der Waals surface area contributed by atoms with Crippen molar-refractivity contribution in [3.63, 3.8) is 0 Å². The molecule has 0 bridgehead atoms. The summed E-state index contributed by atoms with van der Waals surface area (Å²) in [7, 11) is 5.29. The summed E-state index contributed by atoms with van der Waals surface area (Å²) in [5.41, 5.74) is 3.69. The van der Waals surface area contributed by atoms with Crippen LogP contribution in [-0.2, 0) is 28.4 Å². The molecule has 0 saturated heterocycles. The highest BCUT2D eigenvalue weighted by Crippen LogP contribution is 2.24. The molecule has 0 aliphatic carbocycles. The number of methoxy groups -OCH3 is 2. The van der Waals surface area contributed by atoms with Gasteiger partial charge in [-0.3, -0.25) is 4.79 Å². The number of amides is 1. The van der Waals surface area contributed by atoms with Gasteiger partial charge in [-0.2, -0.15) is 0 Å². The summed E-state index contributed by atoms with van der Waals surface area (Å²) in [5.74, 6) is 1.38. The van der Waals surface area contributed by atoms with Crippen molar-refractivity contribution in [3.8, 4) is 0 Å². The first-order chi connectivity index (χ1) is 16.1. The highest BCUT2D eigenvalue weighted by molar-refractivity contribution is 7.98. The van der Waals surface area contributed by atoms with E-state index < -0.39 is 0 Å². The van der Waals surface area contributed by atoms with Gasteiger partial charge in [0, 0.05) is 51.7 Å². The fraction of sp³-hybridized carbons (Fsp3) is 0.320. The van der Waals surface area contributed by atoms with Crippen LogP contribution in [0.15, 0.2) is 65.8 Å². The summed E-state index contributed by atoms with van der Waals surface area (Å²) in [5, 5.41) is 3.52. The average Bonchev–Trinajstić information content (AvgIpc) is 2.84. The van der Waals surface area contributed by atoms with E-state index in [0.717, 1.165) is 23.6 Å². The van der Waals surface area contributed by atoms with Gasteiger partial charge in [-0.1, -0.05) is 54.2 Å². The quantitative estimate of drug-likeness (QED) is 0.246. The number of nitrogens with one attached hydrogen (secondary N) is 1. The van der Waals surface area contributed by atoms with Crippen LogP contribution in [0.2, 0.25) is 0 Å². The van der Waals surface area contributed by atoms with E-state index in [4.69, 9.17) is 14.5 Å². The van der Waals surface area contributed by atoms with E-state index in [1.165, 1.54) is 17.3 Å². The van der Waals surface area contributed by atoms with Gasteiger partial charge in [0.15, 0.2) is 5.16 Å².